The molecular formula is C27H23F3N2OS. The van der Waals surface area contributed by atoms with E-state index in [2.05, 4.69) is 10.6 Å². The summed E-state index contributed by atoms with van der Waals surface area (Å²) in [6.07, 6.45) is -4.44. The Hall–Kier alpha value is -3.58. The maximum absolute atomic E-state index is 13.3. The molecule has 7 heteroatoms. The van der Waals surface area contributed by atoms with Crippen LogP contribution in [-0.2, 0) is 6.18 Å². The number of thiophene rings is 1. The van der Waals surface area contributed by atoms with E-state index in [4.69, 9.17) is 0 Å². The summed E-state index contributed by atoms with van der Waals surface area (Å²) in [6.45, 7) is 3.93. The van der Waals surface area contributed by atoms with Crippen molar-refractivity contribution in [2.24, 2.45) is 0 Å². The Morgan fingerprint density at radius 1 is 0.882 bits per heavy atom. The van der Waals surface area contributed by atoms with E-state index in [0.717, 1.165) is 33.7 Å². The summed E-state index contributed by atoms with van der Waals surface area (Å²) in [4.78, 5) is 13.9. The number of rotatable bonds is 6. The smallest absolute Gasteiger partial charge is 0.374 e. The van der Waals surface area contributed by atoms with Crippen LogP contribution < -0.4 is 10.6 Å². The van der Waals surface area contributed by atoms with E-state index in [1.165, 1.54) is 17.4 Å². The third-order valence-electron chi connectivity index (χ3n) is 5.62. The highest BCUT2D eigenvalue weighted by molar-refractivity contribution is 7.16. The molecule has 1 amide bonds. The van der Waals surface area contributed by atoms with Gasteiger partial charge in [0.15, 0.2) is 0 Å². The average molecular weight is 481 g/mol. The number of aryl methyl sites for hydroxylation is 1. The summed E-state index contributed by atoms with van der Waals surface area (Å²) in [5.41, 5.74) is 2.82. The molecule has 174 valence electrons. The number of nitrogens with one attached hydrogen (secondary N) is 2. The van der Waals surface area contributed by atoms with Crippen LogP contribution in [0.25, 0.3) is 0 Å². The maximum Gasteiger partial charge on any atom is 0.416 e. The maximum atomic E-state index is 13.3. The van der Waals surface area contributed by atoms with Crippen molar-refractivity contribution in [3.8, 4) is 0 Å². The standard InChI is InChI=1S/C27H23F3N2OS/c1-17-18(2)34-26(32-25(33)20-12-7-4-8-13-20)23(17)24(19-10-5-3-6-11-19)31-22-15-9-14-21(16-22)27(28,29)30/h3-16,24,31H,1-2H3,(H,32,33)/t24-/m0/s1. The number of amides is 1. The highest BCUT2D eigenvalue weighted by atomic mass is 32.1. The van der Waals surface area contributed by atoms with Gasteiger partial charge in [-0.3, -0.25) is 4.79 Å². The number of carbonyl (C=O) groups excluding carboxylic acids is 1. The van der Waals surface area contributed by atoms with Gasteiger partial charge in [-0.25, -0.2) is 0 Å². The Balaban J connectivity index is 1.77. The topological polar surface area (TPSA) is 41.1 Å². The average Bonchev–Trinajstić information content (AvgIpc) is 3.11. The fourth-order valence-corrected chi connectivity index (χ4v) is 4.86. The molecule has 0 radical (unpaired) electrons. The molecule has 1 atom stereocenters. The minimum Gasteiger partial charge on any atom is -0.374 e. The van der Waals surface area contributed by atoms with Gasteiger partial charge in [-0.15, -0.1) is 11.3 Å². The highest BCUT2D eigenvalue weighted by Gasteiger charge is 2.31. The van der Waals surface area contributed by atoms with Crippen LogP contribution in [-0.4, -0.2) is 5.91 Å². The molecule has 3 nitrogen and oxygen atoms in total. The van der Waals surface area contributed by atoms with Crippen molar-refractivity contribution in [3.63, 3.8) is 0 Å². The first-order valence-electron chi connectivity index (χ1n) is 10.7. The summed E-state index contributed by atoms with van der Waals surface area (Å²) in [6, 6.07) is 23.1. The van der Waals surface area contributed by atoms with Crippen molar-refractivity contribution in [2.45, 2.75) is 26.1 Å². The van der Waals surface area contributed by atoms with Crippen molar-refractivity contribution in [1.82, 2.24) is 0 Å². The van der Waals surface area contributed by atoms with E-state index in [1.54, 1.807) is 30.3 Å². The third-order valence-corrected chi connectivity index (χ3v) is 6.76. The molecular weight excluding hydrogens is 457 g/mol. The van der Waals surface area contributed by atoms with Crippen LogP contribution in [0.15, 0.2) is 84.9 Å². The van der Waals surface area contributed by atoms with Gasteiger partial charge >= 0.3 is 6.18 Å². The first-order valence-corrected chi connectivity index (χ1v) is 11.5. The fraction of sp³-hybridized carbons (Fsp3) is 0.148. The van der Waals surface area contributed by atoms with E-state index >= 15 is 0 Å². The van der Waals surface area contributed by atoms with Gasteiger partial charge in [-0.2, -0.15) is 13.2 Å². The van der Waals surface area contributed by atoms with Crippen LogP contribution in [0.5, 0.6) is 0 Å². The number of hydrogen-bond donors (Lipinski definition) is 2. The van der Waals surface area contributed by atoms with Crippen LogP contribution in [0.1, 0.15) is 43.5 Å². The predicted octanol–water partition coefficient (Wildman–Crippen LogP) is 7.84. The molecule has 0 bridgehead atoms. The normalized spacial score (nSPS) is 12.3. The van der Waals surface area contributed by atoms with Gasteiger partial charge in [0.25, 0.3) is 5.91 Å². The van der Waals surface area contributed by atoms with E-state index in [0.29, 0.717) is 16.3 Å². The zero-order chi connectivity index (χ0) is 24.3. The van der Waals surface area contributed by atoms with Crippen molar-refractivity contribution < 1.29 is 18.0 Å². The molecule has 0 saturated carbocycles. The molecule has 0 aliphatic rings. The fourth-order valence-electron chi connectivity index (χ4n) is 3.77. The molecule has 0 aliphatic heterocycles. The lowest BCUT2D eigenvalue weighted by Gasteiger charge is -2.23. The van der Waals surface area contributed by atoms with Crippen LogP contribution in [0.2, 0.25) is 0 Å². The Labute approximate surface area is 200 Å². The van der Waals surface area contributed by atoms with E-state index in [-0.39, 0.29) is 5.91 Å². The molecule has 0 aliphatic carbocycles. The summed E-state index contributed by atoms with van der Waals surface area (Å²) >= 11 is 1.45. The summed E-state index contributed by atoms with van der Waals surface area (Å²) in [5.74, 6) is -0.242. The quantitative estimate of drug-likeness (QED) is 0.295. The minimum absolute atomic E-state index is 0.242. The number of carbonyl (C=O) groups is 1. The SMILES string of the molecule is Cc1sc(NC(=O)c2ccccc2)c([C@@H](Nc2cccc(C(F)(F)F)c2)c2ccccc2)c1C. The third kappa shape index (κ3) is 5.15. The van der Waals surface area contributed by atoms with Crippen molar-refractivity contribution in [3.05, 3.63) is 118 Å². The monoisotopic (exact) mass is 480 g/mol. The Morgan fingerprint density at radius 3 is 2.18 bits per heavy atom. The first-order chi connectivity index (χ1) is 16.2. The Bertz CT molecular complexity index is 1280. The number of halogens is 3. The number of alkyl halides is 3. The lowest BCUT2D eigenvalue weighted by molar-refractivity contribution is -0.137. The minimum atomic E-state index is -4.44. The van der Waals surface area contributed by atoms with E-state index in [1.807, 2.05) is 50.2 Å². The van der Waals surface area contributed by atoms with E-state index in [9.17, 15) is 18.0 Å². The second kappa shape index (κ2) is 9.73. The lowest BCUT2D eigenvalue weighted by atomic mass is 9.96. The molecule has 4 rings (SSSR count). The van der Waals surface area contributed by atoms with Crippen LogP contribution in [0, 0.1) is 13.8 Å². The van der Waals surface area contributed by atoms with Gasteiger partial charge in [0.2, 0.25) is 0 Å². The van der Waals surface area contributed by atoms with E-state index < -0.39 is 17.8 Å². The molecule has 3 aromatic carbocycles. The second-order valence-corrected chi connectivity index (χ2v) is 9.14. The lowest BCUT2D eigenvalue weighted by Crippen LogP contribution is -2.17. The van der Waals surface area contributed by atoms with Crippen molar-refractivity contribution in [2.75, 3.05) is 10.6 Å². The summed E-state index contributed by atoms with van der Waals surface area (Å²) in [5, 5.41) is 6.97. The van der Waals surface area contributed by atoms with Crippen LogP contribution in [0.4, 0.5) is 23.9 Å². The molecule has 2 N–H and O–H groups in total. The molecule has 34 heavy (non-hydrogen) atoms. The van der Waals surface area contributed by atoms with Gasteiger partial charge in [0.1, 0.15) is 5.00 Å². The zero-order valence-corrected chi connectivity index (χ0v) is 19.4. The van der Waals surface area contributed by atoms with Gasteiger partial charge < -0.3 is 10.6 Å². The molecule has 0 spiro atoms. The van der Waals surface area contributed by atoms with Crippen LogP contribution >= 0.6 is 11.3 Å². The largest absolute Gasteiger partial charge is 0.416 e. The molecule has 0 saturated heterocycles. The Morgan fingerprint density at radius 2 is 1.53 bits per heavy atom. The molecule has 0 fully saturated rings. The van der Waals surface area contributed by atoms with Gasteiger partial charge in [-0.1, -0.05) is 54.6 Å². The molecule has 4 aromatic rings. The van der Waals surface area contributed by atoms with Crippen molar-refractivity contribution >= 4 is 27.9 Å². The van der Waals surface area contributed by atoms with Gasteiger partial charge in [0, 0.05) is 21.7 Å². The van der Waals surface area contributed by atoms with Gasteiger partial charge in [-0.05, 0) is 55.3 Å². The number of benzene rings is 3. The molecule has 1 aromatic heterocycles. The summed E-state index contributed by atoms with van der Waals surface area (Å²) < 4.78 is 39.9. The van der Waals surface area contributed by atoms with Crippen molar-refractivity contribution in [1.29, 1.82) is 0 Å². The molecule has 1 heterocycles. The Kier molecular flexibility index (Phi) is 6.75. The first kappa shape index (κ1) is 23.6. The number of hydrogen-bond acceptors (Lipinski definition) is 3. The highest BCUT2D eigenvalue weighted by Crippen LogP contribution is 2.41. The number of anilines is 2. The van der Waals surface area contributed by atoms with Gasteiger partial charge in [0.05, 0.1) is 11.6 Å². The molecule has 0 unspecified atom stereocenters. The predicted molar refractivity (Wildman–Crippen MR) is 132 cm³/mol. The van der Waals surface area contributed by atoms with Crippen LogP contribution in [0.3, 0.4) is 0 Å². The zero-order valence-electron chi connectivity index (χ0n) is 18.6. The summed E-state index contributed by atoms with van der Waals surface area (Å²) in [7, 11) is 0. The second-order valence-electron chi connectivity index (χ2n) is 7.91.